The van der Waals surface area contributed by atoms with Gasteiger partial charge in [-0.15, -0.1) is 22.7 Å². The fraction of sp³-hybridized carbons (Fsp3) is 0.167. The summed E-state index contributed by atoms with van der Waals surface area (Å²) in [4.78, 5) is 4.27. The van der Waals surface area contributed by atoms with Crippen molar-refractivity contribution < 1.29 is 0 Å². The summed E-state index contributed by atoms with van der Waals surface area (Å²) in [5.41, 5.74) is 0.967. The molecule has 2 rings (SSSR count). The largest absolute Gasteiger partial charge is 0.239 e. The van der Waals surface area contributed by atoms with Crippen molar-refractivity contribution in [2.45, 2.75) is 6.92 Å². The lowest BCUT2D eigenvalue weighted by atomic mass is 10.6. The third-order valence-corrected chi connectivity index (χ3v) is 3.68. The Balaban J connectivity index is 2.90. The van der Waals surface area contributed by atoms with E-state index in [0.29, 0.717) is 0 Å². The molecule has 0 aromatic carbocycles. The number of hydrogen-bond donors (Lipinski definition) is 0. The Morgan fingerprint density at radius 2 is 2.40 bits per heavy atom. The van der Waals surface area contributed by atoms with Crippen LogP contribution in [0.2, 0.25) is 5.02 Å². The second kappa shape index (κ2) is 2.19. The van der Waals surface area contributed by atoms with Crippen LogP contribution in [0.25, 0.3) is 9.53 Å². The van der Waals surface area contributed by atoms with Crippen LogP contribution in [0.15, 0.2) is 5.38 Å². The van der Waals surface area contributed by atoms with Crippen LogP contribution in [-0.2, 0) is 0 Å². The van der Waals surface area contributed by atoms with Crippen LogP contribution in [0.5, 0.6) is 0 Å². The van der Waals surface area contributed by atoms with Gasteiger partial charge in [-0.2, -0.15) is 0 Å². The van der Waals surface area contributed by atoms with E-state index in [0.717, 1.165) is 15.5 Å². The summed E-state index contributed by atoms with van der Waals surface area (Å²) in [6.07, 6.45) is 0. The molecule has 1 nitrogen and oxygen atoms in total. The Morgan fingerprint density at radius 1 is 1.60 bits per heavy atom. The molecule has 4 heteroatoms. The maximum Gasteiger partial charge on any atom is 0.111 e. The van der Waals surface area contributed by atoms with Crippen molar-refractivity contribution in [3.05, 3.63) is 15.4 Å². The van der Waals surface area contributed by atoms with E-state index in [9.17, 15) is 0 Å². The Labute approximate surface area is 71.3 Å². The summed E-state index contributed by atoms with van der Waals surface area (Å²) in [7, 11) is 0. The summed E-state index contributed by atoms with van der Waals surface area (Å²) in [5, 5.41) is 3.79. The first-order valence-corrected chi connectivity index (χ1v) is 4.85. The maximum atomic E-state index is 5.84. The van der Waals surface area contributed by atoms with Gasteiger partial charge in [-0.25, -0.2) is 4.98 Å². The van der Waals surface area contributed by atoms with E-state index in [2.05, 4.69) is 4.98 Å². The lowest BCUT2D eigenvalue weighted by molar-refractivity contribution is 1.35. The fourth-order valence-corrected chi connectivity index (χ4v) is 3.13. The molecule has 0 saturated carbocycles. The molecule has 52 valence electrons. The third kappa shape index (κ3) is 0.856. The maximum absolute atomic E-state index is 5.84. The molecular formula is C6H4ClNS2. The minimum Gasteiger partial charge on any atom is -0.239 e. The van der Waals surface area contributed by atoms with Crippen LogP contribution in [0, 0.1) is 6.92 Å². The second-order valence-electron chi connectivity index (χ2n) is 1.95. The van der Waals surface area contributed by atoms with Crippen LogP contribution in [0.3, 0.4) is 0 Å². The summed E-state index contributed by atoms with van der Waals surface area (Å²) in [6, 6.07) is 0. The van der Waals surface area contributed by atoms with Gasteiger partial charge in [0.2, 0.25) is 0 Å². The summed E-state index contributed by atoms with van der Waals surface area (Å²) < 4.78 is 1.22. The van der Waals surface area contributed by atoms with E-state index in [4.69, 9.17) is 11.6 Å². The number of rotatable bonds is 0. The monoisotopic (exact) mass is 189 g/mol. The standard InChI is InChI=1S/C6H4ClNS2/c1-3-8-5-4(7)2-9-6(5)10-3/h2H,1H3. The van der Waals surface area contributed by atoms with E-state index in [-0.39, 0.29) is 0 Å². The fourth-order valence-electron chi connectivity index (χ4n) is 0.800. The highest BCUT2D eigenvalue weighted by Gasteiger charge is 2.05. The van der Waals surface area contributed by atoms with E-state index >= 15 is 0 Å². The number of thiazole rings is 1. The molecule has 0 spiro atoms. The van der Waals surface area contributed by atoms with Crippen LogP contribution in [-0.4, -0.2) is 4.98 Å². The molecule has 2 aromatic rings. The van der Waals surface area contributed by atoms with Crippen molar-refractivity contribution >= 4 is 43.8 Å². The van der Waals surface area contributed by atoms with Gasteiger partial charge in [-0.3, -0.25) is 0 Å². The number of halogens is 1. The lowest BCUT2D eigenvalue weighted by Crippen LogP contribution is -1.63. The zero-order valence-electron chi connectivity index (χ0n) is 5.22. The van der Waals surface area contributed by atoms with Gasteiger partial charge < -0.3 is 0 Å². The first-order valence-electron chi connectivity index (χ1n) is 2.77. The molecule has 0 saturated heterocycles. The van der Waals surface area contributed by atoms with Gasteiger partial charge in [-0.05, 0) is 6.92 Å². The highest BCUT2D eigenvalue weighted by molar-refractivity contribution is 7.37. The van der Waals surface area contributed by atoms with Gasteiger partial charge in [-0.1, -0.05) is 11.6 Å². The predicted octanol–water partition coefficient (Wildman–Crippen LogP) is 3.32. The number of fused-ring (bicyclic) bond motifs is 1. The van der Waals surface area contributed by atoms with Crippen molar-refractivity contribution in [2.24, 2.45) is 0 Å². The zero-order valence-corrected chi connectivity index (χ0v) is 7.61. The van der Waals surface area contributed by atoms with Crippen LogP contribution in [0.1, 0.15) is 5.01 Å². The molecule has 0 fully saturated rings. The Hall–Kier alpha value is -0.120. The first kappa shape index (κ1) is 6.58. The van der Waals surface area contributed by atoms with Gasteiger partial charge in [0.15, 0.2) is 0 Å². The van der Waals surface area contributed by atoms with Gasteiger partial charge >= 0.3 is 0 Å². The van der Waals surface area contributed by atoms with E-state index < -0.39 is 0 Å². The van der Waals surface area contributed by atoms with Crippen molar-refractivity contribution in [2.75, 3.05) is 0 Å². The summed E-state index contributed by atoms with van der Waals surface area (Å²) in [6.45, 7) is 1.99. The lowest BCUT2D eigenvalue weighted by Gasteiger charge is -1.74. The second-order valence-corrected chi connectivity index (χ2v) is 4.70. The van der Waals surface area contributed by atoms with Crippen molar-refractivity contribution in [3.63, 3.8) is 0 Å². The van der Waals surface area contributed by atoms with Crippen molar-refractivity contribution in [1.29, 1.82) is 0 Å². The van der Waals surface area contributed by atoms with Crippen LogP contribution < -0.4 is 0 Å². The Kier molecular flexibility index (Phi) is 1.44. The quantitative estimate of drug-likeness (QED) is 0.620. The predicted molar refractivity (Wildman–Crippen MR) is 47.2 cm³/mol. The third-order valence-electron chi connectivity index (χ3n) is 1.20. The molecule has 0 bridgehead atoms. The highest BCUT2D eigenvalue weighted by Crippen LogP contribution is 2.33. The van der Waals surface area contributed by atoms with Gasteiger partial charge in [0.25, 0.3) is 0 Å². The number of thiophene rings is 1. The van der Waals surface area contributed by atoms with Crippen molar-refractivity contribution in [1.82, 2.24) is 4.98 Å². The average Bonchev–Trinajstić information content (AvgIpc) is 2.35. The SMILES string of the molecule is Cc1nc2c(Cl)csc2s1. The average molecular weight is 190 g/mol. The van der Waals surface area contributed by atoms with E-state index in [1.165, 1.54) is 4.01 Å². The highest BCUT2D eigenvalue weighted by atomic mass is 35.5. The number of hydrogen-bond acceptors (Lipinski definition) is 3. The normalized spacial score (nSPS) is 11.0. The molecular weight excluding hydrogens is 186 g/mol. The smallest absolute Gasteiger partial charge is 0.111 e. The number of nitrogens with zero attached hydrogens (tertiary/aromatic N) is 1. The molecule has 0 amide bonds. The topological polar surface area (TPSA) is 12.9 Å². The van der Waals surface area contributed by atoms with Gasteiger partial charge in [0.1, 0.15) is 9.53 Å². The molecule has 0 unspecified atom stereocenters. The van der Waals surface area contributed by atoms with Gasteiger partial charge in [0, 0.05) is 5.38 Å². The molecule has 0 atom stereocenters. The summed E-state index contributed by atoms with van der Waals surface area (Å²) in [5.74, 6) is 0. The van der Waals surface area contributed by atoms with Crippen LogP contribution in [0.4, 0.5) is 0 Å². The Bertz CT molecular complexity index is 363. The number of aryl methyl sites for hydroxylation is 1. The molecule has 2 heterocycles. The van der Waals surface area contributed by atoms with Crippen molar-refractivity contribution in [3.8, 4) is 0 Å². The molecule has 0 aliphatic rings. The molecule has 0 aliphatic carbocycles. The van der Waals surface area contributed by atoms with Gasteiger partial charge in [0.05, 0.1) is 10.0 Å². The minimum atomic E-state index is 0.782. The van der Waals surface area contributed by atoms with Crippen LogP contribution >= 0.6 is 34.3 Å². The Morgan fingerprint density at radius 3 is 3.10 bits per heavy atom. The molecule has 0 radical (unpaired) electrons. The van der Waals surface area contributed by atoms with E-state index in [1.54, 1.807) is 22.7 Å². The molecule has 10 heavy (non-hydrogen) atoms. The first-order chi connectivity index (χ1) is 4.77. The molecule has 0 aliphatic heterocycles. The summed E-state index contributed by atoms with van der Waals surface area (Å²) >= 11 is 9.20. The number of aromatic nitrogens is 1. The van der Waals surface area contributed by atoms with E-state index in [1.807, 2.05) is 12.3 Å². The molecule has 0 N–H and O–H groups in total. The zero-order chi connectivity index (χ0) is 7.14. The minimum absolute atomic E-state index is 0.782. The molecule has 2 aromatic heterocycles.